The average Bonchev–Trinajstić information content (AvgIpc) is 2.54. The van der Waals surface area contributed by atoms with Crippen LogP contribution in [0.25, 0.3) is 11.0 Å². The number of aromatic nitrogens is 2. The van der Waals surface area contributed by atoms with E-state index in [1.165, 1.54) is 18.5 Å². The van der Waals surface area contributed by atoms with Gasteiger partial charge in [0.15, 0.2) is 0 Å². The van der Waals surface area contributed by atoms with Crippen LogP contribution in [0.5, 0.6) is 0 Å². The maximum Gasteiger partial charge on any atom is 0.416 e. The van der Waals surface area contributed by atoms with Crippen molar-refractivity contribution in [2.75, 3.05) is 4.72 Å². The van der Waals surface area contributed by atoms with Crippen LogP contribution in [0.2, 0.25) is 0 Å². The van der Waals surface area contributed by atoms with Crippen molar-refractivity contribution in [2.45, 2.75) is 11.1 Å². The van der Waals surface area contributed by atoms with Crippen molar-refractivity contribution in [1.29, 1.82) is 0 Å². The lowest BCUT2D eigenvalue weighted by molar-refractivity contribution is -0.137. The Labute approximate surface area is 135 Å². The zero-order valence-corrected chi connectivity index (χ0v) is 12.8. The van der Waals surface area contributed by atoms with Crippen LogP contribution in [-0.4, -0.2) is 18.4 Å². The van der Waals surface area contributed by atoms with Crippen molar-refractivity contribution in [1.82, 2.24) is 9.97 Å². The number of nitrogens with zero attached hydrogens (tertiary/aromatic N) is 2. The van der Waals surface area contributed by atoms with Crippen LogP contribution in [0.3, 0.4) is 0 Å². The number of nitrogens with one attached hydrogen (secondary N) is 1. The molecule has 1 aromatic carbocycles. The summed E-state index contributed by atoms with van der Waals surface area (Å²) in [5, 5.41) is 0. The van der Waals surface area contributed by atoms with Crippen molar-refractivity contribution in [2.24, 2.45) is 0 Å². The Morgan fingerprint density at radius 3 is 2.29 bits per heavy atom. The van der Waals surface area contributed by atoms with Gasteiger partial charge in [0.25, 0.3) is 10.0 Å². The number of rotatable bonds is 3. The molecule has 0 aliphatic heterocycles. The van der Waals surface area contributed by atoms with E-state index in [-0.39, 0.29) is 10.6 Å². The molecule has 2 heterocycles. The summed E-state index contributed by atoms with van der Waals surface area (Å²) in [7, 11) is -4.05. The molecule has 1 N–H and O–H groups in total. The van der Waals surface area contributed by atoms with Gasteiger partial charge in [0.2, 0.25) is 0 Å². The van der Waals surface area contributed by atoms with E-state index < -0.39 is 21.8 Å². The van der Waals surface area contributed by atoms with Gasteiger partial charge in [0.1, 0.15) is 5.52 Å². The number of pyridine rings is 2. The largest absolute Gasteiger partial charge is 0.416 e. The molecule has 3 aromatic rings. The lowest BCUT2D eigenvalue weighted by atomic mass is 10.2. The van der Waals surface area contributed by atoms with E-state index in [1.807, 2.05) is 0 Å². The highest BCUT2D eigenvalue weighted by Crippen LogP contribution is 2.30. The molecule has 9 heteroatoms. The van der Waals surface area contributed by atoms with Gasteiger partial charge in [-0.1, -0.05) is 0 Å². The normalized spacial score (nSPS) is 12.3. The predicted octanol–water partition coefficient (Wildman–Crippen LogP) is 3.45. The summed E-state index contributed by atoms with van der Waals surface area (Å²) in [4.78, 5) is 7.85. The maximum absolute atomic E-state index is 12.6. The Hall–Kier alpha value is -2.68. The highest BCUT2D eigenvalue weighted by atomic mass is 32.2. The molecule has 0 saturated heterocycles. The number of fused-ring (bicyclic) bond motifs is 1. The van der Waals surface area contributed by atoms with Gasteiger partial charge >= 0.3 is 6.18 Å². The van der Waals surface area contributed by atoms with Gasteiger partial charge in [0.05, 0.1) is 21.7 Å². The van der Waals surface area contributed by atoms with E-state index in [2.05, 4.69) is 14.7 Å². The van der Waals surface area contributed by atoms with E-state index in [1.54, 1.807) is 12.1 Å². The fourth-order valence-electron chi connectivity index (χ4n) is 2.09. The molecule has 0 saturated carbocycles. The van der Waals surface area contributed by atoms with Gasteiger partial charge in [0, 0.05) is 12.4 Å². The van der Waals surface area contributed by atoms with Crippen LogP contribution >= 0.6 is 0 Å². The number of halogens is 3. The van der Waals surface area contributed by atoms with E-state index >= 15 is 0 Å². The minimum atomic E-state index is -4.53. The molecule has 124 valence electrons. The van der Waals surface area contributed by atoms with Gasteiger partial charge in [-0.3, -0.25) is 14.7 Å². The maximum atomic E-state index is 12.6. The van der Waals surface area contributed by atoms with Crippen molar-refractivity contribution in [3.8, 4) is 0 Å². The molecule has 0 fully saturated rings. The Balaban J connectivity index is 1.96. The molecule has 0 unspecified atom stereocenters. The summed E-state index contributed by atoms with van der Waals surface area (Å²) in [6, 6.07) is 8.00. The number of benzene rings is 1. The minimum absolute atomic E-state index is 0.195. The van der Waals surface area contributed by atoms with Crippen LogP contribution in [0, 0.1) is 0 Å². The first kappa shape index (κ1) is 16.2. The first-order chi connectivity index (χ1) is 11.3. The average molecular weight is 353 g/mol. The Kier molecular flexibility index (Phi) is 3.88. The summed E-state index contributed by atoms with van der Waals surface area (Å²) >= 11 is 0. The Morgan fingerprint density at radius 2 is 1.62 bits per heavy atom. The molecule has 0 aliphatic rings. The zero-order valence-electron chi connectivity index (χ0n) is 11.9. The number of hydrogen-bond acceptors (Lipinski definition) is 4. The second-order valence-electron chi connectivity index (χ2n) is 4.86. The van der Waals surface area contributed by atoms with E-state index in [4.69, 9.17) is 0 Å². The summed E-state index contributed by atoms with van der Waals surface area (Å²) in [6.45, 7) is 0. The van der Waals surface area contributed by atoms with Crippen molar-refractivity contribution in [3.05, 3.63) is 60.4 Å². The first-order valence-electron chi connectivity index (χ1n) is 6.67. The number of alkyl halides is 3. The molecule has 0 spiro atoms. The Morgan fingerprint density at radius 1 is 0.917 bits per heavy atom. The van der Waals surface area contributed by atoms with Crippen LogP contribution < -0.4 is 4.72 Å². The summed E-state index contributed by atoms with van der Waals surface area (Å²) in [5.74, 6) is 0. The van der Waals surface area contributed by atoms with Crippen LogP contribution in [0.4, 0.5) is 18.9 Å². The molecule has 2 aromatic heterocycles. The van der Waals surface area contributed by atoms with Gasteiger partial charge in [-0.25, -0.2) is 8.42 Å². The summed E-state index contributed by atoms with van der Waals surface area (Å²) < 4.78 is 64.7. The third-order valence-corrected chi connectivity index (χ3v) is 4.61. The van der Waals surface area contributed by atoms with E-state index in [0.717, 1.165) is 24.3 Å². The molecule has 0 bridgehead atoms. The SMILES string of the molecule is O=S(=O)(Nc1ccnc2cccnc12)c1ccc(C(F)(F)F)cc1. The quantitative estimate of drug-likeness (QED) is 0.783. The molecule has 3 rings (SSSR count). The zero-order chi connectivity index (χ0) is 17.4. The second kappa shape index (κ2) is 5.75. The second-order valence-corrected chi connectivity index (χ2v) is 6.54. The fourth-order valence-corrected chi connectivity index (χ4v) is 3.16. The molecule has 0 amide bonds. The molecule has 0 atom stereocenters. The number of anilines is 1. The smallest absolute Gasteiger partial charge is 0.277 e. The van der Waals surface area contributed by atoms with Crippen molar-refractivity contribution >= 4 is 26.7 Å². The molecule has 0 aliphatic carbocycles. The monoisotopic (exact) mass is 353 g/mol. The molecule has 0 radical (unpaired) electrons. The third-order valence-electron chi connectivity index (χ3n) is 3.23. The van der Waals surface area contributed by atoms with Crippen molar-refractivity contribution < 1.29 is 21.6 Å². The molecular formula is C15H10F3N3O2S. The summed E-state index contributed by atoms with van der Waals surface area (Å²) in [6.07, 6.45) is -1.63. The standard InChI is InChI=1S/C15H10F3N3O2S/c16-15(17,18)10-3-5-11(6-4-10)24(22,23)21-13-7-9-19-12-2-1-8-20-14(12)13/h1-9H,(H,19,21). The number of hydrogen-bond donors (Lipinski definition) is 1. The highest BCUT2D eigenvalue weighted by Gasteiger charge is 2.30. The van der Waals surface area contributed by atoms with Gasteiger partial charge in [-0.15, -0.1) is 0 Å². The van der Waals surface area contributed by atoms with E-state index in [0.29, 0.717) is 11.0 Å². The van der Waals surface area contributed by atoms with Crippen LogP contribution in [0.1, 0.15) is 5.56 Å². The lowest BCUT2D eigenvalue weighted by Gasteiger charge is -2.11. The fraction of sp³-hybridized carbons (Fsp3) is 0.0667. The topological polar surface area (TPSA) is 72.0 Å². The molecule has 24 heavy (non-hydrogen) atoms. The van der Waals surface area contributed by atoms with Gasteiger partial charge in [-0.2, -0.15) is 13.2 Å². The van der Waals surface area contributed by atoms with E-state index in [9.17, 15) is 21.6 Å². The first-order valence-corrected chi connectivity index (χ1v) is 8.15. The van der Waals surface area contributed by atoms with Gasteiger partial charge < -0.3 is 0 Å². The predicted molar refractivity (Wildman–Crippen MR) is 81.8 cm³/mol. The third kappa shape index (κ3) is 3.16. The van der Waals surface area contributed by atoms with Crippen LogP contribution in [0.15, 0.2) is 59.8 Å². The highest BCUT2D eigenvalue weighted by molar-refractivity contribution is 7.92. The molecule has 5 nitrogen and oxygen atoms in total. The summed E-state index contributed by atoms with van der Waals surface area (Å²) in [5.41, 5.74) is 0.110. The van der Waals surface area contributed by atoms with Gasteiger partial charge in [-0.05, 0) is 42.5 Å². The number of sulfonamides is 1. The van der Waals surface area contributed by atoms with Crippen molar-refractivity contribution in [3.63, 3.8) is 0 Å². The minimum Gasteiger partial charge on any atom is -0.277 e. The Bertz CT molecular complexity index is 982. The lowest BCUT2D eigenvalue weighted by Crippen LogP contribution is -2.14. The van der Waals surface area contributed by atoms with Crippen LogP contribution in [-0.2, 0) is 16.2 Å². The molecular weight excluding hydrogens is 343 g/mol.